The van der Waals surface area contributed by atoms with E-state index in [1.165, 1.54) is 6.92 Å². The van der Waals surface area contributed by atoms with Gasteiger partial charge in [-0.3, -0.25) is 19.7 Å². The lowest BCUT2D eigenvalue weighted by molar-refractivity contribution is -0.139. The van der Waals surface area contributed by atoms with Gasteiger partial charge in [-0.2, -0.15) is 0 Å². The van der Waals surface area contributed by atoms with Crippen molar-refractivity contribution in [3.8, 4) is 0 Å². The SMILES string of the molecule is CC1C(=O)NC(=O)CN1C(=O)N[C@H](CCC(N)=O)C(=O)O. The Morgan fingerprint density at radius 1 is 1.48 bits per heavy atom. The highest BCUT2D eigenvalue weighted by atomic mass is 16.4. The van der Waals surface area contributed by atoms with E-state index < -0.39 is 41.8 Å². The van der Waals surface area contributed by atoms with Crippen LogP contribution in [0.25, 0.3) is 0 Å². The van der Waals surface area contributed by atoms with Gasteiger partial charge in [0.25, 0.3) is 0 Å². The smallest absolute Gasteiger partial charge is 0.326 e. The number of hydrogen-bond donors (Lipinski definition) is 4. The van der Waals surface area contributed by atoms with Crippen molar-refractivity contribution < 1.29 is 29.1 Å². The van der Waals surface area contributed by atoms with E-state index in [2.05, 4.69) is 10.6 Å². The molecule has 0 bridgehead atoms. The highest BCUT2D eigenvalue weighted by molar-refractivity contribution is 6.04. The average Bonchev–Trinajstić information content (AvgIpc) is 2.37. The quantitative estimate of drug-likeness (QED) is 0.420. The number of hydrogen-bond acceptors (Lipinski definition) is 5. The van der Waals surface area contributed by atoms with E-state index in [9.17, 15) is 24.0 Å². The molecule has 1 fully saturated rings. The molecule has 1 saturated heterocycles. The molecule has 0 aromatic rings. The fourth-order valence-electron chi connectivity index (χ4n) is 1.74. The molecular formula is C11H16N4O6. The van der Waals surface area contributed by atoms with Crippen LogP contribution in [0.2, 0.25) is 0 Å². The topological polar surface area (TPSA) is 159 Å². The van der Waals surface area contributed by atoms with Crippen LogP contribution in [0.15, 0.2) is 0 Å². The van der Waals surface area contributed by atoms with Gasteiger partial charge in [0.15, 0.2) is 0 Å². The van der Waals surface area contributed by atoms with Gasteiger partial charge in [-0.25, -0.2) is 9.59 Å². The van der Waals surface area contributed by atoms with Gasteiger partial charge in [0, 0.05) is 6.42 Å². The lowest BCUT2D eigenvalue weighted by Gasteiger charge is -2.32. The number of primary amides is 1. The van der Waals surface area contributed by atoms with Crippen LogP contribution in [0.4, 0.5) is 4.79 Å². The third kappa shape index (κ3) is 4.44. The predicted molar refractivity (Wildman–Crippen MR) is 67.7 cm³/mol. The number of carboxylic acid groups (broad SMARTS) is 1. The Balaban J connectivity index is 2.71. The third-order valence-electron chi connectivity index (χ3n) is 2.96. The molecule has 1 aliphatic rings. The Hall–Kier alpha value is -2.65. The van der Waals surface area contributed by atoms with Gasteiger partial charge in [0.1, 0.15) is 18.6 Å². The highest BCUT2D eigenvalue weighted by Gasteiger charge is 2.35. The number of carbonyl (C=O) groups is 5. The number of carboxylic acids is 1. The first-order valence-electron chi connectivity index (χ1n) is 6.14. The number of nitrogens with one attached hydrogen (secondary N) is 2. The molecule has 0 aromatic carbocycles. The molecule has 1 rings (SSSR count). The molecule has 10 heteroatoms. The van der Waals surface area contributed by atoms with Gasteiger partial charge in [0.2, 0.25) is 17.7 Å². The van der Waals surface area contributed by atoms with E-state index in [0.29, 0.717) is 0 Å². The van der Waals surface area contributed by atoms with Crippen LogP contribution in [-0.4, -0.2) is 58.4 Å². The number of amides is 5. The third-order valence-corrected chi connectivity index (χ3v) is 2.96. The van der Waals surface area contributed by atoms with Crippen molar-refractivity contribution in [2.24, 2.45) is 5.73 Å². The summed E-state index contributed by atoms with van der Waals surface area (Å²) in [5, 5.41) is 13.2. The maximum absolute atomic E-state index is 12.0. The number of nitrogens with two attached hydrogens (primary N) is 1. The first-order valence-corrected chi connectivity index (χ1v) is 6.14. The van der Waals surface area contributed by atoms with Gasteiger partial charge < -0.3 is 21.1 Å². The molecule has 0 radical (unpaired) electrons. The average molecular weight is 300 g/mol. The minimum absolute atomic E-state index is 0.182. The molecular weight excluding hydrogens is 284 g/mol. The zero-order chi connectivity index (χ0) is 16.2. The van der Waals surface area contributed by atoms with E-state index in [-0.39, 0.29) is 19.4 Å². The van der Waals surface area contributed by atoms with E-state index >= 15 is 0 Å². The van der Waals surface area contributed by atoms with Crippen molar-refractivity contribution in [2.75, 3.05) is 6.54 Å². The first-order chi connectivity index (χ1) is 9.72. The maximum Gasteiger partial charge on any atom is 0.326 e. The summed E-state index contributed by atoms with van der Waals surface area (Å²) in [6.45, 7) is 1.04. The number of imide groups is 1. The Bertz CT molecular complexity index is 491. The van der Waals surface area contributed by atoms with Crippen molar-refractivity contribution in [3.05, 3.63) is 0 Å². The van der Waals surface area contributed by atoms with Crippen LogP contribution >= 0.6 is 0 Å². The zero-order valence-corrected chi connectivity index (χ0v) is 11.3. The lowest BCUT2D eigenvalue weighted by atomic mass is 10.1. The summed E-state index contributed by atoms with van der Waals surface area (Å²) < 4.78 is 0. The Morgan fingerprint density at radius 2 is 2.10 bits per heavy atom. The zero-order valence-electron chi connectivity index (χ0n) is 11.3. The summed E-state index contributed by atoms with van der Waals surface area (Å²) in [5.74, 6) is -3.34. The fourth-order valence-corrected chi connectivity index (χ4v) is 1.74. The van der Waals surface area contributed by atoms with Crippen LogP contribution in [0.5, 0.6) is 0 Å². The maximum atomic E-state index is 12.0. The Kier molecular flexibility index (Phi) is 5.22. The minimum Gasteiger partial charge on any atom is -0.480 e. The second-order valence-electron chi connectivity index (χ2n) is 4.56. The summed E-state index contributed by atoms with van der Waals surface area (Å²) in [4.78, 5) is 57.2. The molecule has 2 atom stereocenters. The Labute approximate surface area is 119 Å². The van der Waals surface area contributed by atoms with Gasteiger partial charge >= 0.3 is 12.0 Å². The molecule has 1 unspecified atom stereocenters. The molecule has 1 heterocycles. The molecule has 21 heavy (non-hydrogen) atoms. The number of urea groups is 1. The second kappa shape index (κ2) is 6.68. The number of rotatable bonds is 5. The normalized spacial score (nSPS) is 19.7. The van der Waals surface area contributed by atoms with Crippen molar-refractivity contribution in [1.82, 2.24) is 15.5 Å². The largest absolute Gasteiger partial charge is 0.480 e. The molecule has 0 saturated carbocycles. The van der Waals surface area contributed by atoms with Gasteiger partial charge in [-0.05, 0) is 13.3 Å². The molecule has 5 amide bonds. The Morgan fingerprint density at radius 3 is 2.62 bits per heavy atom. The number of carbonyl (C=O) groups excluding carboxylic acids is 4. The van der Waals surface area contributed by atoms with Crippen molar-refractivity contribution in [1.29, 1.82) is 0 Å². The van der Waals surface area contributed by atoms with E-state index in [0.717, 1.165) is 4.90 Å². The molecule has 116 valence electrons. The number of aliphatic carboxylic acids is 1. The monoisotopic (exact) mass is 300 g/mol. The lowest BCUT2D eigenvalue weighted by Crippen LogP contribution is -2.62. The highest BCUT2D eigenvalue weighted by Crippen LogP contribution is 2.06. The number of nitrogens with zero attached hydrogens (tertiary/aromatic N) is 1. The molecule has 10 nitrogen and oxygen atoms in total. The molecule has 0 aromatic heterocycles. The minimum atomic E-state index is -1.34. The first kappa shape index (κ1) is 16.4. The van der Waals surface area contributed by atoms with E-state index in [4.69, 9.17) is 10.8 Å². The van der Waals surface area contributed by atoms with Gasteiger partial charge in [-0.1, -0.05) is 0 Å². The standard InChI is InChI=1S/C11H16N4O6/c1-5-9(18)14-8(17)4-15(5)11(21)13-6(10(19)20)2-3-7(12)16/h5-6H,2-4H2,1H3,(H2,12,16)(H,13,21)(H,19,20)(H,14,17,18)/t5?,6-/m1/s1. The fraction of sp³-hybridized carbons (Fsp3) is 0.545. The van der Waals surface area contributed by atoms with E-state index in [1.54, 1.807) is 0 Å². The van der Waals surface area contributed by atoms with Gasteiger partial charge in [0.05, 0.1) is 0 Å². The number of piperazine rings is 1. The van der Waals surface area contributed by atoms with Crippen LogP contribution < -0.4 is 16.4 Å². The van der Waals surface area contributed by atoms with Crippen LogP contribution in [0.1, 0.15) is 19.8 Å². The van der Waals surface area contributed by atoms with Crippen molar-refractivity contribution in [3.63, 3.8) is 0 Å². The molecule has 1 aliphatic heterocycles. The molecule has 5 N–H and O–H groups in total. The summed E-state index contributed by atoms with van der Waals surface area (Å²) in [6.07, 6.45) is -0.398. The van der Waals surface area contributed by atoms with Crippen LogP contribution in [0, 0.1) is 0 Å². The van der Waals surface area contributed by atoms with Crippen LogP contribution in [-0.2, 0) is 19.2 Å². The van der Waals surface area contributed by atoms with Crippen molar-refractivity contribution in [2.45, 2.75) is 31.8 Å². The molecule has 0 spiro atoms. The second-order valence-corrected chi connectivity index (χ2v) is 4.56. The summed E-state index contributed by atoms with van der Waals surface area (Å²) in [6, 6.07) is -3.12. The summed E-state index contributed by atoms with van der Waals surface area (Å²) in [5.41, 5.74) is 4.92. The van der Waals surface area contributed by atoms with Gasteiger partial charge in [-0.15, -0.1) is 0 Å². The van der Waals surface area contributed by atoms with Crippen LogP contribution in [0.3, 0.4) is 0 Å². The summed E-state index contributed by atoms with van der Waals surface area (Å²) in [7, 11) is 0. The summed E-state index contributed by atoms with van der Waals surface area (Å²) >= 11 is 0. The predicted octanol–water partition coefficient (Wildman–Crippen LogP) is -2.24. The molecule has 0 aliphatic carbocycles. The van der Waals surface area contributed by atoms with Crippen molar-refractivity contribution >= 4 is 29.7 Å². The van der Waals surface area contributed by atoms with E-state index in [1.807, 2.05) is 0 Å².